The molecule has 0 radical (unpaired) electrons. The van der Waals surface area contributed by atoms with E-state index in [-0.39, 0.29) is 23.6 Å². The van der Waals surface area contributed by atoms with Crippen molar-refractivity contribution in [1.29, 1.82) is 0 Å². The highest BCUT2D eigenvalue weighted by atomic mass is 16.2. The van der Waals surface area contributed by atoms with Gasteiger partial charge in [0, 0.05) is 24.1 Å². The van der Waals surface area contributed by atoms with Crippen molar-refractivity contribution < 1.29 is 14.4 Å². The Morgan fingerprint density at radius 2 is 1.68 bits per heavy atom. The summed E-state index contributed by atoms with van der Waals surface area (Å²) in [4.78, 5) is 35.9. The molecule has 6 rings (SSSR count). The van der Waals surface area contributed by atoms with Gasteiger partial charge in [-0.2, -0.15) is 0 Å². The first-order valence-electron chi connectivity index (χ1n) is 13.5. The highest BCUT2D eigenvalue weighted by molar-refractivity contribution is 6.01. The Morgan fingerprint density at radius 1 is 0.971 bits per heavy atom. The van der Waals surface area contributed by atoms with Crippen LogP contribution < -0.4 is 16.0 Å². The van der Waals surface area contributed by atoms with E-state index >= 15 is 0 Å². The number of rotatable bonds is 10. The molecule has 1 unspecified atom stereocenters. The van der Waals surface area contributed by atoms with Gasteiger partial charge in [0.2, 0.25) is 17.7 Å². The molecular weight excluding hydrogens is 426 g/mol. The topological polar surface area (TPSA) is 87.3 Å². The average Bonchev–Trinajstić information content (AvgIpc) is 2.77. The van der Waals surface area contributed by atoms with Crippen LogP contribution in [0.5, 0.6) is 0 Å². The van der Waals surface area contributed by atoms with Gasteiger partial charge in [-0.25, -0.2) is 0 Å². The maximum atomic E-state index is 12.4. The van der Waals surface area contributed by atoms with E-state index in [1.807, 2.05) is 24.3 Å². The number of hydrogen-bond acceptors (Lipinski definition) is 4. The molecule has 1 aromatic carbocycles. The molecule has 184 valence electrons. The molecule has 4 aliphatic carbocycles. The summed E-state index contributed by atoms with van der Waals surface area (Å²) >= 11 is 0. The van der Waals surface area contributed by atoms with E-state index in [2.05, 4.69) is 16.0 Å². The van der Waals surface area contributed by atoms with Crippen molar-refractivity contribution in [3.63, 3.8) is 0 Å². The third kappa shape index (κ3) is 5.54. The van der Waals surface area contributed by atoms with Gasteiger partial charge in [-0.3, -0.25) is 19.7 Å². The maximum Gasteiger partial charge on any atom is 0.234 e. The summed E-state index contributed by atoms with van der Waals surface area (Å²) in [7, 11) is 0. The van der Waals surface area contributed by atoms with E-state index in [0.717, 1.165) is 49.1 Å². The molecule has 3 N–H and O–H groups in total. The molecule has 1 aromatic rings. The van der Waals surface area contributed by atoms with Crippen molar-refractivity contribution in [3.05, 3.63) is 29.8 Å². The minimum absolute atomic E-state index is 0.0205. The highest BCUT2D eigenvalue weighted by Gasteiger charge is 2.50. The first-order valence-corrected chi connectivity index (χ1v) is 13.5. The zero-order valence-electron chi connectivity index (χ0n) is 20.2. The second-order valence-electron chi connectivity index (χ2n) is 11.5. The van der Waals surface area contributed by atoms with Crippen LogP contribution in [-0.4, -0.2) is 29.8 Å². The number of anilines is 1. The monoisotopic (exact) mass is 465 g/mol. The number of unbranched alkanes of at least 4 members (excludes halogenated alkanes) is 3. The number of hydrogen-bond donors (Lipinski definition) is 3. The lowest BCUT2D eigenvalue weighted by atomic mass is 9.53. The number of amides is 3. The van der Waals surface area contributed by atoms with Crippen LogP contribution in [0.15, 0.2) is 24.3 Å². The number of carbonyl (C=O) groups is 3. The summed E-state index contributed by atoms with van der Waals surface area (Å²) in [6.45, 7) is 1.12. The van der Waals surface area contributed by atoms with Gasteiger partial charge < -0.3 is 10.6 Å². The second-order valence-corrected chi connectivity index (χ2v) is 11.5. The van der Waals surface area contributed by atoms with Crippen LogP contribution in [0.25, 0.3) is 0 Å². The van der Waals surface area contributed by atoms with E-state index in [9.17, 15) is 14.4 Å². The summed E-state index contributed by atoms with van der Waals surface area (Å²) in [6.07, 6.45) is 14.4. The lowest BCUT2D eigenvalue weighted by Gasteiger charge is -2.57. The smallest absolute Gasteiger partial charge is 0.234 e. The molecule has 4 bridgehead atoms. The third-order valence-corrected chi connectivity index (χ3v) is 8.68. The Morgan fingerprint density at radius 3 is 2.38 bits per heavy atom. The predicted octanol–water partition coefficient (Wildman–Crippen LogP) is 4.65. The molecule has 1 saturated heterocycles. The van der Waals surface area contributed by atoms with Gasteiger partial charge in [0.15, 0.2) is 0 Å². The number of imide groups is 1. The molecule has 5 aliphatic rings. The maximum absolute atomic E-state index is 12.4. The number of benzene rings is 1. The van der Waals surface area contributed by atoms with Crippen molar-refractivity contribution >= 4 is 23.4 Å². The second kappa shape index (κ2) is 10.2. The van der Waals surface area contributed by atoms with E-state index < -0.39 is 0 Å². The van der Waals surface area contributed by atoms with E-state index in [1.165, 1.54) is 44.9 Å². The zero-order chi connectivity index (χ0) is 23.5. The zero-order valence-corrected chi connectivity index (χ0v) is 20.2. The standard InChI is InChI=1S/C28H39N3O3/c32-25(30-23-7-5-6-22(15-23)24-9-10-26(33)31-27(24)34)8-3-1-2-4-11-29-28-16-19-12-20(17-28)14-21(13-19)18-28/h5-7,15,19-21,24,29H,1-4,8-14,16-18H2,(H,30,32)(H,31,33,34). The molecule has 1 heterocycles. The van der Waals surface area contributed by atoms with Crippen LogP contribution >= 0.6 is 0 Å². The van der Waals surface area contributed by atoms with Gasteiger partial charge in [0.1, 0.15) is 0 Å². The van der Waals surface area contributed by atoms with Crippen LogP contribution in [0, 0.1) is 17.8 Å². The van der Waals surface area contributed by atoms with E-state index in [0.29, 0.717) is 30.5 Å². The van der Waals surface area contributed by atoms with Gasteiger partial charge in [-0.1, -0.05) is 25.0 Å². The fraction of sp³-hybridized carbons (Fsp3) is 0.679. The molecule has 3 amide bonds. The van der Waals surface area contributed by atoms with Crippen molar-refractivity contribution in [2.24, 2.45) is 17.8 Å². The summed E-state index contributed by atoms with van der Waals surface area (Å²) in [5, 5.41) is 9.34. The molecule has 1 aliphatic heterocycles. The highest BCUT2D eigenvalue weighted by Crippen LogP contribution is 2.55. The fourth-order valence-corrected chi connectivity index (χ4v) is 7.51. The molecular formula is C28H39N3O3. The molecule has 5 fully saturated rings. The Balaban J connectivity index is 0.978. The van der Waals surface area contributed by atoms with Gasteiger partial charge in [-0.15, -0.1) is 0 Å². The summed E-state index contributed by atoms with van der Waals surface area (Å²) in [5.41, 5.74) is 2.01. The Kier molecular flexibility index (Phi) is 7.05. The fourth-order valence-electron chi connectivity index (χ4n) is 7.51. The minimum Gasteiger partial charge on any atom is -0.326 e. The van der Waals surface area contributed by atoms with Gasteiger partial charge in [0.25, 0.3) is 0 Å². The molecule has 6 nitrogen and oxygen atoms in total. The SMILES string of the molecule is O=C1CCC(c2cccc(NC(=O)CCCCCCNC34CC5CC(CC(C5)C3)C4)c2)C(=O)N1. The van der Waals surface area contributed by atoms with Crippen LogP contribution in [0.4, 0.5) is 5.69 Å². The van der Waals surface area contributed by atoms with Gasteiger partial charge >= 0.3 is 0 Å². The van der Waals surface area contributed by atoms with Crippen molar-refractivity contribution in [2.45, 2.75) is 94.9 Å². The third-order valence-electron chi connectivity index (χ3n) is 8.68. The largest absolute Gasteiger partial charge is 0.326 e. The average molecular weight is 466 g/mol. The van der Waals surface area contributed by atoms with Crippen molar-refractivity contribution in [2.75, 3.05) is 11.9 Å². The predicted molar refractivity (Wildman–Crippen MR) is 132 cm³/mol. The Bertz CT molecular complexity index is 892. The molecule has 4 saturated carbocycles. The number of nitrogens with one attached hydrogen (secondary N) is 3. The molecule has 0 spiro atoms. The van der Waals surface area contributed by atoms with Crippen LogP contribution in [-0.2, 0) is 14.4 Å². The van der Waals surface area contributed by atoms with Crippen LogP contribution in [0.1, 0.15) is 95.0 Å². The first kappa shape index (κ1) is 23.5. The Hall–Kier alpha value is -2.21. The minimum atomic E-state index is -0.332. The molecule has 6 heteroatoms. The van der Waals surface area contributed by atoms with E-state index in [4.69, 9.17) is 0 Å². The molecule has 0 aromatic heterocycles. The lowest BCUT2D eigenvalue weighted by Crippen LogP contribution is -2.58. The van der Waals surface area contributed by atoms with Gasteiger partial charge in [-0.05, 0) is 99.8 Å². The number of carbonyl (C=O) groups excluding carboxylic acids is 3. The first-order chi connectivity index (χ1) is 16.5. The summed E-state index contributed by atoms with van der Waals surface area (Å²) in [5.74, 6) is 2.19. The summed E-state index contributed by atoms with van der Waals surface area (Å²) in [6, 6.07) is 7.44. The van der Waals surface area contributed by atoms with Crippen molar-refractivity contribution in [1.82, 2.24) is 10.6 Å². The summed E-state index contributed by atoms with van der Waals surface area (Å²) < 4.78 is 0. The normalized spacial score (nSPS) is 32.0. The molecule has 34 heavy (non-hydrogen) atoms. The van der Waals surface area contributed by atoms with Gasteiger partial charge in [0.05, 0.1) is 5.92 Å². The van der Waals surface area contributed by atoms with E-state index in [1.54, 1.807) is 0 Å². The Labute approximate surface area is 203 Å². The van der Waals surface area contributed by atoms with Crippen LogP contribution in [0.2, 0.25) is 0 Å². The number of piperidine rings is 1. The quantitative estimate of drug-likeness (QED) is 0.347. The molecule has 1 atom stereocenters. The van der Waals surface area contributed by atoms with Crippen LogP contribution in [0.3, 0.4) is 0 Å². The van der Waals surface area contributed by atoms with Crippen molar-refractivity contribution in [3.8, 4) is 0 Å². The lowest BCUT2D eigenvalue weighted by molar-refractivity contribution is -0.134.